The Balaban J connectivity index is 2.33. The van der Waals surface area contributed by atoms with Crippen LogP contribution in [0.25, 0.3) is 5.52 Å². The van der Waals surface area contributed by atoms with E-state index in [2.05, 4.69) is 10.4 Å². The summed E-state index contributed by atoms with van der Waals surface area (Å²) in [5, 5.41) is 7.27. The smallest absolute Gasteiger partial charge is 0.276 e. The molecule has 0 aliphatic carbocycles. The summed E-state index contributed by atoms with van der Waals surface area (Å²) in [7, 11) is 1.91. The second-order valence-electron chi connectivity index (χ2n) is 3.87. The third-order valence-corrected chi connectivity index (χ3v) is 2.55. The van der Waals surface area contributed by atoms with Gasteiger partial charge in [-0.2, -0.15) is 5.10 Å². The average molecular weight is 220 g/mol. The number of aryl methyl sites for hydroxylation is 2. The van der Waals surface area contributed by atoms with Gasteiger partial charge < -0.3 is 9.88 Å². The molecule has 0 saturated carbocycles. The summed E-state index contributed by atoms with van der Waals surface area (Å²) in [5.41, 5.74) is 1.54. The van der Waals surface area contributed by atoms with Crippen molar-refractivity contribution < 1.29 is 0 Å². The van der Waals surface area contributed by atoms with E-state index in [0.717, 1.165) is 25.2 Å². The molecule has 0 saturated heterocycles. The number of nitrogens with one attached hydrogen (secondary N) is 1. The first-order valence-corrected chi connectivity index (χ1v) is 5.42. The number of aromatic nitrogens is 3. The summed E-state index contributed by atoms with van der Waals surface area (Å²) in [6.07, 6.45) is 4.56. The van der Waals surface area contributed by atoms with E-state index in [1.165, 1.54) is 0 Å². The lowest BCUT2D eigenvalue weighted by molar-refractivity contribution is 0.595. The predicted molar refractivity (Wildman–Crippen MR) is 62.7 cm³/mol. The third kappa shape index (κ3) is 1.99. The molecule has 0 radical (unpaired) electrons. The molecule has 5 heteroatoms. The quantitative estimate of drug-likeness (QED) is 0.759. The van der Waals surface area contributed by atoms with Crippen LogP contribution in [-0.4, -0.2) is 27.8 Å². The van der Waals surface area contributed by atoms with Crippen molar-refractivity contribution in [2.24, 2.45) is 0 Å². The van der Waals surface area contributed by atoms with E-state index in [-0.39, 0.29) is 5.56 Å². The van der Waals surface area contributed by atoms with Crippen LogP contribution in [0, 0.1) is 6.92 Å². The SMILES string of the molecule is CNCCCn1ccn2nc(C)cc2c1=O. The molecule has 5 nitrogen and oxygen atoms in total. The van der Waals surface area contributed by atoms with Crippen molar-refractivity contribution in [3.63, 3.8) is 0 Å². The first kappa shape index (κ1) is 10.9. The van der Waals surface area contributed by atoms with E-state index in [4.69, 9.17) is 0 Å². The molecule has 0 spiro atoms. The van der Waals surface area contributed by atoms with Crippen LogP contribution in [0.4, 0.5) is 0 Å². The third-order valence-electron chi connectivity index (χ3n) is 2.55. The fourth-order valence-electron chi connectivity index (χ4n) is 1.75. The Morgan fingerprint density at radius 3 is 3.00 bits per heavy atom. The first-order valence-electron chi connectivity index (χ1n) is 5.42. The van der Waals surface area contributed by atoms with Gasteiger partial charge in [-0.1, -0.05) is 0 Å². The molecule has 2 heterocycles. The minimum Gasteiger partial charge on any atom is -0.320 e. The van der Waals surface area contributed by atoms with Crippen molar-refractivity contribution in [2.45, 2.75) is 19.9 Å². The van der Waals surface area contributed by atoms with Crippen molar-refractivity contribution in [3.05, 3.63) is 34.5 Å². The second kappa shape index (κ2) is 4.49. The van der Waals surface area contributed by atoms with Crippen LogP contribution in [0.5, 0.6) is 0 Å². The Hall–Kier alpha value is -1.62. The van der Waals surface area contributed by atoms with Crippen LogP contribution < -0.4 is 10.9 Å². The molecule has 0 fully saturated rings. The van der Waals surface area contributed by atoms with E-state index in [0.29, 0.717) is 5.52 Å². The largest absolute Gasteiger partial charge is 0.320 e. The number of fused-ring (bicyclic) bond motifs is 1. The topological polar surface area (TPSA) is 51.3 Å². The Morgan fingerprint density at radius 2 is 2.25 bits per heavy atom. The standard InChI is InChI=1S/C11H16N4O/c1-9-8-10-11(16)14(5-3-4-12-2)6-7-15(10)13-9/h6-8,12H,3-5H2,1-2H3. The van der Waals surface area contributed by atoms with Gasteiger partial charge in [-0.15, -0.1) is 0 Å². The zero-order valence-electron chi connectivity index (χ0n) is 9.60. The number of rotatable bonds is 4. The Kier molecular flexibility index (Phi) is 3.05. The zero-order valence-corrected chi connectivity index (χ0v) is 9.60. The van der Waals surface area contributed by atoms with Crippen LogP contribution in [0.15, 0.2) is 23.3 Å². The van der Waals surface area contributed by atoms with Crippen molar-refractivity contribution in [1.29, 1.82) is 0 Å². The number of hydrogen-bond donors (Lipinski definition) is 1. The van der Waals surface area contributed by atoms with Crippen LogP contribution in [0.3, 0.4) is 0 Å². The van der Waals surface area contributed by atoms with Gasteiger partial charge in [0.25, 0.3) is 5.56 Å². The molecule has 2 aromatic heterocycles. The predicted octanol–water partition coefficient (Wildman–Crippen LogP) is 0.414. The fraction of sp³-hybridized carbons (Fsp3) is 0.455. The maximum absolute atomic E-state index is 12.0. The molecule has 0 atom stereocenters. The highest BCUT2D eigenvalue weighted by atomic mass is 16.1. The highest BCUT2D eigenvalue weighted by Gasteiger charge is 2.04. The molecular formula is C11H16N4O. The molecule has 0 aliphatic heterocycles. The average Bonchev–Trinajstić information content (AvgIpc) is 2.64. The van der Waals surface area contributed by atoms with E-state index >= 15 is 0 Å². The van der Waals surface area contributed by atoms with Crippen molar-refractivity contribution in [2.75, 3.05) is 13.6 Å². The van der Waals surface area contributed by atoms with Crippen LogP contribution in [-0.2, 0) is 6.54 Å². The molecule has 2 aromatic rings. The van der Waals surface area contributed by atoms with E-state index in [9.17, 15) is 4.79 Å². The Labute approximate surface area is 93.7 Å². The lowest BCUT2D eigenvalue weighted by Gasteiger charge is -2.05. The molecule has 16 heavy (non-hydrogen) atoms. The van der Waals surface area contributed by atoms with Crippen molar-refractivity contribution in [3.8, 4) is 0 Å². The van der Waals surface area contributed by atoms with Gasteiger partial charge in [-0.05, 0) is 33.0 Å². The lowest BCUT2D eigenvalue weighted by atomic mass is 10.4. The molecule has 0 aliphatic rings. The molecule has 0 unspecified atom stereocenters. The maximum atomic E-state index is 12.0. The van der Waals surface area contributed by atoms with Crippen LogP contribution >= 0.6 is 0 Å². The summed E-state index contributed by atoms with van der Waals surface area (Å²) in [6, 6.07) is 1.82. The molecule has 86 valence electrons. The fourth-order valence-corrected chi connectivity index (χ4v) is 1.75. The Morgan fingerprint density at radius 1 is 1.44 bits per heavy atom. The van der Waals surface area contributed by atoms with Gasteiger partial charge in [0.1, 0.15) is 5.52 Å². The van der Waals surface area contributed by atoms with Gasteiger partial charge >= 0.3 is 0 Å². The summed E-state index contributed by atoms with van der Waals surface area (Å²) >= 11 is 0. The van der Waals surface area contributed by atoms with Crippen LogP contribution in [0.1, 0.15) is 12.1 Å². The van der Waals surface area contributed by atoms with Crippen molar-refractivity contribution >= 4 is 5.52 Å². The minimum atomic E-state index is 0.0270. The van der Waals surface area contributed by atoms with Gasteiger partial charge in [0.15, 0.2) is 0 Å². The van der Waals surface area contributed by atoms with Crippen LogP contribution in [0.2, 0.25) is 0 Å². The van der Waals surface area contributed by atoms with Gasteiger partial charge in [-0.3, -0.25) is 4.79 Å². The van der Waals surface area contributed by atoms with E-state index in [1.54, 1.807) is 15.3 Å². The zero-order chi connectivity index (χ0) is 11.5. The highest BCUT2D eigenvalue weighted by molar-refractivity contribution is 5.44. The molecule has 0 amide bonds. The summed E-state index contributed by atoms with van der Waals surface area (Å²) in [5.74, 6) is 0. The maximum Gasteiger partial charge on any atom is 0.276 e. The lowest BCUT2D eigenvalue weighted by Crippen LogP contribution is -2.23. The monoisotopic (exact) mass is 220 g/mol. The minimum absolute atomic E-state index is 0.0270. The highest BCUT2D eigenvalue weighted by Crippen LogP contribution is 2.00. The van der Waals surface area contributed by atoms with Gasteiger partial charge in [0.2, 0.25) is 0 Å². The van der Waals surface area contributed by atoms with E-state index in [1.807, 2.05) is 26.2 Å². The molecule has 0 aromatic carbocycles. The number of hydrogen-bond acceptors (Lipinski definition) is 3. The summed E-state index contributed by atoms with van der Waals surface area (Å²) in [6.45, 7) is 3.54. The van der Waals surface area contributed by atoms with Gasteiger partial charge in [-0.25, -0.2) is 4.52 Å². The van der Waals surface area contributed by atoms with Gasteiger partial charge in [0, 0.05) is 18.9 Å². The number of nitrogens with zero attached hydrogens (tertiary/aromatic N) is 3. The van der Waals surface area contributed by atoms with Crippen molar-refractivity contribution in [1.82, 2.24) is 19.5 Å². The molecular weight excluding hydrogens is 204 g/mol. The molecule has 2 rings (SSSR count). The second-order valence-corrected chi connectivity index (χ2v) is 3.87. The first-order chi connectivity index (χ1) is 7.72. The van der Waals surface area contributed by atoms with Gasteiger partial charge in [0.05, 0.1) is 5.69 Å². The normalized spacial score (nSPS) is 11.1. The summed E-state index contributed by atoms with van der Waals surface area (Å²) < 4.78 is 3.36. The molecule has 1 N–H and O–H groups in total. The molecule has 0 bridgehead atoms. The summed E-state index contributed by atoms with van der Waals surface area (Å²) in [4.78, 5) is 12.0. The Bertz CT molecular complexity index is 540. The van der Waals surface area contributed by atoms with E-state index < -0.39 is 0 Å².